The molecule has 1 heterocycles. The quantitative estimate of drug-likeness (QED) is 0.304. The molecule has 162 valence electrons. The molecule has 2 N–H and O–H groups in total. The standard InChI is InChI=1S/C24H19Cl2N3O2S/c1-13(2)14-6-8-15(9-7-14)22(30)29-24(32)27-16-10-11-20-19(12-16)28-23(31-20)17-4-3-5-18(25)21(17)26/h3-13H,1-2H3,(H2,27,29,30,32). The van der Waals surface area contributed by atoms with Gasteiger partial charge in [-0.1, -0.05) is 55.2 Å². The van der Waals surface area contributed by atoms with Gasteiger partial charge < -0.3 is 9.73 Å². The number of thiocarbonyl (C=S) groups is 1. The number of carbonyl (C=O) groups excluding carboxylic acids is 1. The maximum absolute atomic E-state index is 12.5. The molecule has 5 nitrogen and oxygen atoms in total. The summed E-state index contributed by atoms with van der Waals surface area (Å²) in [6, 6.07) is 18.1. The van der Waals surface area contributed by atoms with Crippen LogP contribution in [0.25, 0.3) is 22.6 Å². The number of oxazole rings is 1. The van der Waals surface area contributed by atoms with Crippen LogP contribution in [0.2, 0.25) is 10.0 Å². The number of halogens is 2. The van der Waals surface area contributed by atoms with Crippen molar-refractivity contribution in [2.45, 2.75) is 19.8 Å². The fourth-order valence-corrected chi connectivity index (χ4v) is 3.74. The Kier molecular flexibility index (Phi) is 6.46. The highest BCUT2D eigenvalue weighted by molar-refractivity contribution is 7.80. The minimum absolute atomic E-state index is 0.184. The maximum Gasteiger partial charge on any atom is 0.257 e. The fraction of sp³-hybridized carbons (Fsp3) is 0.125. The summed E-state index contributed by atoms with van der Waals surface area (Å²) in [5.41, 5.74) is 4.17. The molecule has 0 saturated carbocycles. The van der Waals surface area contributed by atoms with Gasteiger partial charge in [-0.3, -0.25) is 10.1 Å². The van der Waals surface area contributed by atoms with E-state index in [0.717, 1.165) is 0 Å². The van der Waals surface area contributed by atoms with Gasteiger partial charge in [-0.15, -0.1) is 0 Å². The van der Waals surface area contributed by atoms with Crippen molar-refractivity contribution in [1.29, 1.82) is 0 Å². The average Bonchev–Trinajstić information content (AvgIpc) is 3.18. The van der Waals surface area contributed by atoms with Crippen molar-refractivity contribution in [3.63, 3.8) is 0 Å². The third-order valence-corrected chi connectivity index (χ3v) is 5.92. The molecular weight excluding hydrogens is 465 g/mol. The molecule has 0 atom stereocenters. The number of anilines is 1. The van der Waals surface area contributed by atoms with E-state index in [1.165, 1.54) is 5.56 Å². The molecule has 0 unspecified atom stereocenters. The van der Waals surface area contributed by atoms with E-state index in [1.54, 1.807) is 48.5 Å². The fourth-order valence-electron chi connectivity index (χ4n) is 3.15. The van der Waals surface area contributed by atoms with E-state index in [2.05, 4.69) is 29.5 Å². The lowest BCUT2D eigenvalue weighted by molar-refractivity contribution is 0.0977. The van der Waals surface area contributed by atoms with Gasteiger partial charge in [0.2, 0.25) is 5.89 Å². The zero-order valence-electron chi connectivity index (χ0n) is 17.3. The van der Waals surface area contributed by atoms with Crippen LogP contribution in [0.15, 0.2) is 65.1 Å². The number of fused-ring (bicyclic) bond motifs is 1. The predicted octanol–water partition coefficient (Wildman–Crippen LogP) is 7.05. The number of amides is 1. The number of carbonyl (C=O) groups is 1. The summed E-state index contributed by atoms with van der Waals surface area (Å²) in [5.74, 6) is 0.486. The number of nitrogens with zero attached hydrogens (tertiary/aromatic N) is 1. The Bertz CT molecular complexity index is 1320. The van der Waals surface area contributed by atoms with Crippen molar-refractivity contribution < 1.29 is 9.21 Å². The van der Waals surface area contributed by atoms with Crippen LogP contribution in [-0.4, -0.2) is 16.0 Å². The Labute approximate surface area is 200 Å². The SMILES string of the molecule is CC(C)c1ccc(C(=O)NC(=S)Nc2ccc3oc(-c4cccc(Cl)c4Cl)nc3c2)cc1. The summed E-state index contributed by atoms with van der Waals surface area (Å²) in [4.78, 5) is 17.0. The zero-order valence-corrected chi connectivity index (χ0v) is 19.6. The normalized spacial score (nSPS) is 11.0. The molecule has 0 aliphatic heterocycles. The Hall–Kier alpha value is -2.93. The van der Waals surface area contributed by atoms with Gasteiger partial charge in [-0.25, -0.2) is 4.98 Å². The number of benzene rings is 3. The van der Waals surface area contributed by atoms with Crippen molar-refractivity contribution in [2.24, 2.45) is 0 Å². The van der Waals surface area contributed by atoms with Crippen molar-refractivity contribution in [3.8, 4) is 11.5 Å². The molecule has 0 spiro atoms. The second kappa shape index (κ2) is 9.28. The van der Waals surface area contributed by atoms with Crippen LogP contribution in [0.3, 0.4) is 0 Å². The van der Waals surface area contributed by atoms with Crippen molar-refractivity contribution in [1.82, 2.24) is 10.3 Å². The van der Waals surface area contributed by atoms with E-state index in [9.17, 15) is 4.79 Å². The van der Waals surface area contributed by atoms with Gasteiger partial charge in [0.1, 0.15) is 5.52 Å². The van der Waals surface area contributed by atoms with Crippen LogP contribution in [0, 0.1) is 0 Å². The lowest BCUT2D eigenvalue weighted by Crippen LogP contribution is -2.34. The number of rotatable bonds is 4. The third-order valence-electron chi connectivity index (χ3n) is 4.89. The Balaban J connectivity index is 1.47. The molecule has 8 heteroatoms. The molecule has 0 saturated heterocycles. The van der Waals surface area contributed by atoms with E-state index in [1.807, 2.05) is 12.1 Å². The third kappa shape index (κ3) is 4.78. The molecule has 3 aromatic carbocycles. The molecule has 0 aliphatic carbocycles. The second-order valence-corrected chi connectivity index (χ2v) is 8.68. The second-order valence-electron chi connectivity index (χ2n) is 7.49. The highest BCUT2D eigenvalue weighted by Crippen LogP contribution is 2.34. The summed E-state index contributed by atoms with van der Waals surface area (Å²) in [6.45, 7) is 4.21. The molecule has 4 rings (SSSR count). The summed E-state index contributed by atoms with van der Waals surface area (Å²) >= 11 is 17.7. The molecule has 32 heavy (non-hydrogen) atoms. The van der Waals surface area contributed by atoms with Gasteiger partial charge in [0.05, 0.1) is 15.6 Å². The van der Waals surface area contributed by atoms with Crippen LogP contribution < -0.4 is 10.6 Å². The molecule has 0 aliphatic rings. The minimum Gasteiger partial charge on any atom is -0.436 e. The van der Waals surface area contributed by atoms with Gasteiger partial charge in [0.15, 0.2) is 10.7 Å². The Morgan fingerprint density at radius 2 is 1.81 bits per heavy atom. The zero-order chi connectivity index (χ0) is 22.8. The number of nitrogens with one attached hydrogen (secondary N) is 2. The smallest absolute Gasteiger partial charge is 0.257 e. The van der Waals surface area contributed by atoms with Crippen molar-refractivity contribution in [3.05, 3.63) is 81.8 Å². The summed E-state index contributed by atoms with van der Waals surface area (Å²) in [6.07, 6.45) is 0. The Morgan fingerprint density at radius 3 is 2.53 bits per heavy atom. The first-order chi connectivity index (χ1) is 15.3. The van der Waals surface area contributed by atoms with Gasteiger partial charge >= 0.3 is 0 Å². The molecule has 0 fully saturated rings. The van der Waals surface area contributed by atoms with Crippen LogP contribution >= 0.6 is 35.4 Å². The highest BCUT2D eigenvalue weighted by atomic mass is 35.5. The van der Waals surface area contributed by atoms with Crippen LogP contribution in [-0.2, 0) is 0 Å². The monoisotopic (exact) mass is 483 g/mol. The largest absolute Gasteiger partial charge is 0.436 e. The maximum atomic E-state index is 12.5. The predicted molar refractivity (Wildman–Crippen MR) is 134 cm³/mol. The van der Waals surface area contributed by atoms with Crippen LogP contribution in [0.5, 0.6) is 0 Å². The topological polar surface area (TPSA) is 67.2 Å². The molecular formula is C24H19Cl2N3O2S. The van der Waals surface area contributed by atoms with Gasteiger partial charge in [-0.05, 0) is 66.2 Å². The molecule has 0 radical (unpaired) electrons. The molecule has 1 amide bonds. The summed E-state index contributed by atoms with van der Waals surface area (Å²) < 4.78 is 5.81. The average molecular weight is 484 g/mol. The molecule has 0 bridgehead atoms. The first-order valence-corrected chi connectivity index (χ1v) is 11.1. The van der Waals surface area contributed by atoms with Gasteiger partial charge in [-0.2, -0.15) is 0 Å². The van der Waals surface area contributed by atoms with E-state index in [4.69, 9.17) is 39.8 Å². The highest BCUT2D eigenvalue weighted by Gasteiger charge is 2.14. The van der Waals surface area contributed by atoms with E-state index >= 15 is 0 Å². The lowest BCUT2D eigenvalue weighted by atomic mass is 10.0. The van der Waals surface area contributed by atoms with E-state index < -0.39 is 0 Å². The minimum atomic E-state index is -0.279. The first kappa shape index (κ1) is 22.3. The summed E-state index contributed by atoms with van der Waals surface area (Å²) in [5, 5.41) is 6.68. The van der Waals surface area contributed by atoms with Crippen molar-refractivity contribution in [2.75, 3.05) is 5.32 Å². The lowest BCUT2D eigenvalue weighted by Gasteiger charge is -2.10. The summed E-state index contributed by atoms with van der Waals surface area (Å²) in [7, 11) is 0. The number of hydrogen-bond acceptors (Lipinski definition) is 4. The van der Waals surface area contributed by atoms with E-state index in [-0.39, 0.29) is 11.0 Å². The Morgan fingerprint density at radius 1 is 1.06 bits per heavy atom. The number of aromatic nitrogens is 1. The van der Waals surface area contributed by atoms with Gasteiger partial charge in [0, 0.05) is 11.3 Å². The van der Waals surface area contributed by atoms with Crippen LogP contribution in [0.1, 0.15) is 35.7 Å². The molecule has 1 aromatic heterocycles. The van der Waals surface area contributed by atoms with Crippen molar-refractivity contribution >= 4 is 63.2 Å². The van der Waals surface area contributed by atoms with E-state index in [0.29, 0.717) is 49.8 Å². The first-order valence-electron chi connectivity index (χ1n) is 9.89. The number of hydrogen-bond donors (Lipinski definition) is 2. The van der Waals surface area contributed by atoms with Crippen LogP contribution in [0.4, 0.5) is 5.69 Å². The van der Waals surface area contributed by atoms with Gasteiger partial charge in [0.25, 0.3) is 5.91 Å². The molecule has 4 aromatic rings.